The molecule has 1 aliphatic rings. The van der Waals surface area contributed by atoms with Crippen molar-refractivity contribution in [2.75, 3.05) is 31.2 Å². The first-order valence-electron chi connectivity index (χ1n) is 8.94. The lowest BCUT2D eigenvalue weighted by atomic mass is 10.1. The highest BCUT2D eigenvalue weighted by Crippen LogP contribution is 2.35. The summed E-state index contributed by atoms with van der Waals surface area (Å²) in [5.41, 5.74) is 1.03. The number of rotatable bonds is 8. The summed E-state index contributed by atoms with van der Waals surface area (Å²) >= 11 is 3.40. The molecule has 1 saturated heterocycles. The van der Waals surface area contributed by atoms with Gasteiger partial charge in [0.1, 0.15) is 12.4 Å². The summed E-state index contributed by atoms with van der Waals surface area (Å²) in [6, 6.07) is 11.9. The van der Waals surface area contributed by atoms with E-state index in [0.29, 0.717) is 54.1 Å². The van der Waals surface area contributed by atoms with E-state index in [-0.39, 0.29) is 17.4 Å². The van der Waals surface area contributed by atoms with E-state index in [2.05, 4.69) is 22.0 Å². The third-order valence-corrected chi connectivity index (χ3v) is 5.21. The molecule has 150 valence electrons. The summed E-state index contributed by atoms with van der Waals surface area (Å²) in [4.78, 5) is 23.7. The Morgan fingerprint density at radius 3 is 2.90 bits per heavy atom. The van der Waals surface area contributed by atoms with Crippen LogP contribution in [-0.4, -0.2) is 43.6 Å². The highest BCUT2D eigenvalue weighted by atomic mass is 79.9. The van der Waals surface area contributed by atoms with Crippen molar-refractivity contribution in [2.45, 2.75) is 12.5 Å². The second kappa shape index (κ2) is 9.49. The Bertz CT molecular complexity index is 960. The first-order valence-corrected chi connectivity index (χ1v) is 9.73. The molecule has 0 aromatic heterocycles. The topological polar surface area (TPSA) is 106 Å². The van der Waals surface area contributed by atoms with Crippen molar-refractivity contribution in [3.8, 4) is 11.8 Å². The molecule has 1 aliphatic heterocycles. The van der Waals surface area contributed by atoms with Crippen molar-refractivity contribution in [3.63, 3.8) is 0 Å². The Labute approximate surface area is 175 Å². The molecule has 0 bridgehead atoms. The van der Waals surface area contributed by atoms with Crippen LogP contribution in [0.5, 0.6) is 5.75 Å². The van der Waals surface area contributed by atoms with Gasteiger partial charge in [0.05, 0.1) is 40.5 Å². The van der Waals surface area contributed by atoms with Crippen LogP contribution in [-0.2, 0) is 4.74 Å². The lowest BCUT2D eigenvalue weighted by Gasteiger charge is -2.20. The number of nitriles is 1. The maximum atomic E-state index is 11.2. The van der Waals surface area contributed by atoms with E-state index in [9.17, 15) is 14.9 Å². The van der Waals surface area contributed by atoms with E-state index in [4.69, 9.17) is 14.7 Å². The Balaban J connectivity index is 1.54. The van der Waals surface area contributed by atoms with Crippen LogP contribution in [0.3, 0.4) is 0 Å². The summed E-state index contributed by atoms with van der Waals surface area (Å²) in [5.74, 6) is 0.618. The predicted molar refractivity (Wildman–Crippen MR) is 109 cm³/mol. The van der Waals surface area contributed by atoms with Crippen LogP contribution in [0.2, 0.25) is 0 Å². The van der Waals surface area contributed by atoms with E-state index < -0.39 is 4.92 Å². The van der Waals surface area contributed by atoms with Gasteiger partial charge in [-0.2, -0.15) is 5.26 Å². The zero-order valence-corrected chi connectivity index (χ0v) is 17.0. The van der Waals surface area contributed by atoms with Gasteiger partial charge >= 0.3 is 0 Å². The number of benzene rings is 2. The van der Waals surface area contributed by atoms with Crippen molar-refractivity contribution in [3.05, 3.63) is 62.1 Å². The third-order valence-electron chi connectivity index (χ3n) is 4.57. The Hall–Kier alpha value is -2.96. The summed E-state index contributed by atoms with van der Waals surface area (Å²) in [6.45, 7) is 2.02. The van der Waals surface area contributed by atoms with Crippen LogP contribution in [0, 0.1) is 21.4 Å². The minimum Gasteiger partial charge on any atom is -0.491 e. The van der Waals surface area contributed by atoms with E-state index in [1.165, 1.54) is 12.1 Å². The predicted octanol–water partition coefficient (Wildman–Crippen LogP) is 3.72. The summed E-state index contributed by atoms with van der Waals surface area (Å²) in [5, 5.41) is 20.1. The van der Waals surface area contributed by atoms with Gasteiger partial charge in [-0.3, -0.25) is 14.9 Å². The minimum absolute atomic E-state index is 0.0271. The van der Waals surface area contributed by atoms with Crippen LogP contribution in [0.15, 0.2) is 40.9 Å². The smallest absolute Gasteiger partial charge is 0.282 e. The number of nitrogens with zero attached hydrogens (tertiary/aromatic N) is 3. The standard InChI is InChI=1S/C20H18BrN3O5/c21-18-9-15(13-25)19(24(26)27)10-20(18)23-5-4-17(12-23)29-7-6-28-16-3-1-2-14(8-16)11-22/h1-3,8-10,13,17H,4-7,12H2/t17-/m1/s1. The third kappa shape index (κ3) is 5.10. The molecule has 0 amide bonds. The summed E-state index contributed by atoms with van der Waals surface area (Å²) < 4.78 is 12.1. The zero-order chi connectivity index (χ0) is 20.8. The van der Waals surface area contributed by atoms with Gasteiger partial charge in [-0.25, -0.2) is 0 Å². The molecule has 0 saturated carbocycles. The monoisotopic (exact) mass is 459 g/mol. The van der Waals surface area contributed by atoms with Gasteiger partial charge in [0.15, 0.2) is 6.29 Å². The fourth-order valence-electron chi connectivity index (χ4n) is 3.17. The molecule has 1 atom stereocenters. The minimum atomic E-state index is -0.553. The van der Waals surface area contributed by atoms with Gasteiger partial charge in [0.2, 0.25) is 0 Å². The highest BCUT2D eigenvalue weighted by molar-refractivity contribution is 9.10. The van der Waals surface area contributed by atoms with Crippen molar-refractivity contribution >= 4 is 33.6 Å². The second-order valence-corrected chi connectivity index (χ2v) is 7.31. The number of hydrogen-bond donors (Lipinski definition) is 0. The van der Waals surface area contributed by atoms with Crippen LogP contribution in [0.1, 0.15) is 22.3 Å². The molecule has 8 nitrogen and oxygen atoms in total. The van der Waals surface area contributed by atoms with E-state index in [1.807, 2.05) is 4.90 Å². The second-order valence-electron chi connectivity index (χ2n) is 6.45. The molecule has 29 heavy (non-hydrogen) atoms. The Kier molecular flexibility index (Phi) is 6.80. The SMILES string of the molecule is N#Cc1cccc(OCCO[C@@H]2CCN(c3cc([N+](=O)[O-])c(C=O)cc3Br)C2)c1. The fraction of sp³-hybridized carbons (Fsp3) is 0.300. The number of carbonyl (C=O) groups is 1. The fourth-order valence-corrected chi connectivity index (χ4v) is 3.79. The van der Waals surface area contributed by atoms with Crippen LogP contribution >= 0.6 is 15.9 Å². The van der Waals surface area contributed by atoms with Gasteiger partial charge in [-0.15, -0.1) is 0 Å². The number of nitro benzene ring substituents is 1. The summed E-state index contributed by atoms with van der Waals surface area (Å²) in [7, 11) is 0. The van der Waals surface area contributed by atoms with Crippen molar-refractivity contribution < 1.29 is 19.2 Å². The molecule has 0 aliphatic carbocycles. The number of aldehydes is 1. The highest BCUT2D eigenvalue weighted by Gasteiger charge is 2.27. The van der Waals surface area contributed by atoms with E-state index in [1.54, 1.807) is 24.3 Å². The number of carbonyl (C=O) groups excluding carboxylic acids is 1. The number of halogens is 1. The van der Waals surface area contributed by atoms with Gasteiger partial charge < -0.3 is 14.4 Å². The number of hydrogen-bond acceptors (Lipinski definition) is 7. The average molecular weight is 460 g/mol. The lowest BCUT2D eigenvalue weighted by Crippen LogP contribution is -2.24. The maximum absolute atomic E-state index is 11.2. The molecule has 2 aromatic carbocycles. The van der Waals surface area contributed by atoms with Crippen LogP contribution < -0.4 is 9.64 Å². The van der Waals surface area contributed by atoms with E-state index >= 15 is 0 Å². The van der Waals surface area contributed by atoms with Crippen LogP contribution in [0.25, 0.3) is 0 Å². The zero-order valence-electron chi connectivity index (χ0n) is 15.4. The first-order chi connectivity index (χ1) is 14.0. The molecule has 1 fully saturated rings. The molecular formula is C20H18BrN3O5. The van der Waals surface area contributed by atoms with E-state index in [0.717, 1.165) is 6.42 Å². The molecule has 3 rings (SSSR count). The van der Waals surface area contributed by atoms with Crippen molar-refractivity contribution in [2.24, 2.45) is 0 Å². The number of anilines is 1. The van der Waals surface area contributed by atoms with Crippen LogP contribution in [0.4, 0.5) is 11.4 Å². The van der Waals surface area contributed by atoms with Crippen molar-refractivity contribution in [1.29, 1.82) is 5.26 Å². The molecule has 0 spiro atoms. The molecule has 0 unspecified atom stereocenters. The quantitative estimate of drug-likeness (QED) is 0.256. The first kappa shape index (κ1) is 20.8. The van der Waals surface area contributed by atoms with Gasteiger partial charge in [-0.1, -0.05) is 6.07 Å². The number of ether oxygens (including phenoxy) is 2. The summed E-state index contributed by atoms with van der Waals surface area (Å²) in [6.07, 6.45) is 1.23. The Morgan fingerprint density at radius 2 is 2.17 bits per heavy atom. The normalized spacial score (nSPS) is 15.7. The van der Waals surface area contributed by atoms with Gasteiger partial charge in [0, 0.05) is 23.6 Å². The van der Waals surface area contributed by atoms with Gasteiger partial charge in [-0.05, 0) is 46.6 Å². The largest absolute Gasteiger partial charge is 0.491 e. The number of nitro groups is 1. The van der Waals surface area contributed by atoms with Crippen molar-refractivity contribution in [1.82, 2.24) is 0 Å². The molecule has 1 heterocycles. The molecule has 0 N–H and O–H groups in total. The Morgan fingerprint density at radius 1 is 1.34 bits per heavy atom. The molecule has 0 radical (unpaired) electrons. The molecular weight excluding hydrogens is 442 g/mol. The maximum Gasteiger partial charge on any atom is 0.282 e. The lowest BCUT2D eigenvalue weighted by molar-refractivity contribution is -0.385. The average Bonchev–Trinajstić information content (AvgIpc) is 3.19. The van der Waals surface area contributed by atoms with Gasteiger partial charge in [0.25, 0.3) is 5.69 Å². The molecule has 9 heteroatoms. The molecule has 2 aromatic rings.